The molecule has 0 aromatic carbocycles. The summed E-state index contributed by atoms with van der Waals surface area (Å²) >= 11 is 0. The molecule has 21 heavy (non-hydrogen) atoms. The van der Waals surface area contributed by atoms with Crippen LogP contribution in [-0.4, -0.2) is 29.8 Å². The van der Waals surface area contributed by atoms with Crippen molar-refractivity contribution in [1.29, 1.82) is 0 Å². The number of nitrogens with zero attached hydrogens (tertiary/aromatic N) is 2. The Morgan fingerprint density at radius 3 is 2.38 bits per heavy atom. The number of ether oxygens (including phenoxy) is 1. The molecule has 0 bridgehead atoms. The van der Waals surface area contributed by atoms with Crippen molar-refractivity contribution in [2.45, 2.75) is 70.8 Å². The summed E-state index contributed by atoms with van der Waals surface area (Å²) in [5.74, 6) is 1.52. The lowest BCUT2D eigenvalue weighted by Gasteiger charge is -2.33. The highest BCUT2D eigenvalue weighted by Gasteiger charge is 2.41. The molecule has 0 saturated carbocycles. The van der Waals surface area contributed by atoms with Crippen molar-refractivity contribution < 1.29 is 9.26 Å². The Labute approximate surface area is 127 Å². The van der Waals surface area contributed by atoms with E-state index in [-0.39, 0.29) is 5.41 Å². The molecule has 0 atom stereocenters. The van der Waals surface area contributed by atoms with Crippen LogP contribution in [0.1, 0.15) is 71.5 Å². The summed E-state index contributed by atoms with van der Waals surface area (Å²) in [5, 5.41) is 7.69. The smallest absolute Gasteiger partial charge is 0.233 e. The SMILES string of the molecule is CCOC(CC)(CC)c1noc(C2(CC)CCNCC2)n1. The van der Waals surface area contributed by atoms with Crippen LogP contribution in [0.15, 0.2) is 4.52 Å². The summed E-state index contributed by atoms with van der Waals surface area (Å²) in [5.41, 5.74) is -0.367. The van der Waals surface area contributed by atoms with Gasteiger partial charge in [-0.1, -0.05) is 25.9 Å². The minimum atomic E-state index is -0.404. The molecule has 1 fully saturated rings. The first-order valence-electron chi connectivity index (χ1n) is 8.35. The summed E-state index contributed by atoms with van der Waals surface area (Å²) in [6, 6.07) is 0. The first kappa shape index (κ1) is 16.4. The van der Waals surface area contributed by atoms with Gasteiger partial charge in [0.15, 0.2) is 0 Å². The average molecular weight is 295 g/mol. The van der Waals surface area contributed by atoms with Crippen LogP contribution in [0.25, 0.3) is 0 Å². The molecule has 0 amide bonds. The third-order valence-electron chi connectivity index (χ3n) is 5.09. The van der Waals surface area contributed by atoms with Crippen LogP contribution in [0.3, 0.4) is 0 Å². The van der Waals surface area contributed by atoms with Crippen LogP contribution in [0.5, 0.6) is 0 Å². The quantitative estimate of drug-likeness (QED) is 0.837. The highest BCUT2D eigenvalue weighted by molar-refractivity contribution is 5.10. The predicted octanol–water partition coefficient (Wildman–Crippen LogP) is 3.15. The maximum absolute atomic E-state index is 5.98. The minimum absolute atomic E-state index is 0.0376. The fourth-order valence-electron chi connectivity index (χ4n) is 3.36. The van der Waals surface area contributed by atoms with Gasteiger partial charge in [0.1, 0.15) is 5.60 Å². The number of hydrogen-bond donors (Lipinski definition) is 1. The molecule has 1 aliphatic rings. The maximum Gasteiger partial charge on any atom is 0.233 e. The van der Waals surface area contributed by atoms with Gasteiger partial charge in [0, 0.05) is 6.61 Å². The molecule has 1 N–H and O–H groups in total. The third kappa shape index (κ3) is 2.99. The van der Waals surface area contributed by atoms with E-state index in [1.165, 1.54) is 0 Å². The van der Waals surface area contributed by atoms with Crippen molar-refractivity contribution >= 4 is 0 Å². The number of piperidine rings is 1. The molecule has 2 heterocycles. The molecule has 1 saturated heterocycles. The zero-order valence-electron chi connectivity index (χ0n) is 13.9. The molecule has 0 radical (unpaired) electrons. The molecule has 1 aliphatic heterocycles. The first-order chi connectivity index (χ1) is 10.2. The molecule has 1 aromatic heterocycles. The van der Waals surface area contributed by atoms with Crippen molar-refractivity contribution in [2.24, 2.45) is 0 Å². The lowest BCUT2D eigenvalue weighted by Crippen LogP contribution is -2.40. The van der Waals surface area contributed by atoms with Gasteiger partial charge in [-0.25, -0.2) is 0 Å². The van der Waals surface area contributed by atoms with Crippen LogP contribution >= 0.6 is 0 Å². The van der Waals surface area contributed by atoms with Gasteiger partial charge in [0.05, 0.1) is 5.41 Å². The number of aromatic nitrogens is 2. The summed E-state index contributed by atoms with van der Waals surface area (Å²) in [6.07, 6.45) is 4.88. The van der Waals surface area contributed by atoms with E-state index in [1.807, 2.05) is 6.92 Å². The van der Waals surface area contributed by atoms with Crippen molar-refractivity contribution in [3.05, 3.63) is 11.7 Å². The number of hydrogen-bond acceptors (Lipinski definition) is 5. The zero-order chi connectivity index (χ0) is 15.3. The topological polar surface area (TPSA) is 60.2 Å². The largest absolute Gasteiger partial charge is 0.367 e. The molecular formula is C16H29N3O2. The Bertz CT molecular complexity index is 406. The Hall–Kier alpha value is -0.940. The second-order valence-electron chi connectivity index (χ2n) is 5.94. The fraction of sp³-hybridized carbons (Fsp3) is 0.875. The average Bonchev–Trinajstić information content (AvgIpc) is 3.04. The van der Waals surface area contributed by atoms with Gasteiger partial charge >= 0.3 is 0 Å². The summed E-state index contributed by atoms with van der Waals surface area (Å²) in [7, 11) is 0. The van der Waals surface area contributed by atoms with Gasteiger partial charge in [-0.2, -0.15) is 4.98 Å². The van der Waals surface area contributed by atoms with Crippen LogP contribution in [0.2, 0.25) is 0 Å². The lowest BCUT2D eigenvalue weighted by atomic mass is 9.76. The van der Waals surface area contributed by atoms with Gasteiger partial charge in [0.2, 0.25) is 11.7 Å². The van der Waals surface area contributed by atoms with Gasteiger partial charge in [0.25, 0.3) is 0 Å². The van der Waals surface area contributed by atoms with Crippen LogP contribution in [0.4, 0.5) is 0 Å². The Kier molecular flexibility index (Phi) is 5.38. The van der Waals surface area contributed by atoms with Crippen molar-refractivity contribution in [1.82, 2.24) is 15.5 Å². The molecule has 1 aromatic rings. The molecule has 2 rings (SSSR count). The van der Waals surface area contributed by atoms with E-state index in [4.69, 9.17) is 14.2 Å². The molecule has 0 spiro atoms. The van der Waals surface area contributed by atoms with E-state index in [1.54, 1.807) is 0 Å². The summed E-state index contributed by atoms with van der Waals surface area (Å²) < 4.78 is 11.7. The highest BCUT2D eigenvalue weighted by atomic mass is 16.5. The zero-order valence-corrected chi connectivity index (χ0v) is 13.9. The maximum atomic E-state index is 5.98. The highest BCUT2D eigenvalue weighted by Crippen LogP contribution is 2.38. The fourth-order valence-corrected chi connectivity index (χ4v) is 3.36. The van der Waals surface area contributed by atoms with Crippen molar-refractivity contribution in [3.8, 4) is 0 Å². The van der Waals surface area contributed by atoms with Crippen molar-refractivity contribution in [2.75, 3.05) is 19.7 Å². The standard InChI is InChI=1S/C16H29N3O2/c1-5-15(9-11-17-12-10-15)14-18-13(19-21-14)16(6-2,7-3)20-8-4/h17H,5-12H2,1-4H3. The van der Waals surface area contributed by atoms with Crippen LogP contribution < -0.4 is 5.32 Å². The summed E-state index contributed by atoms with van der Waals surface area (Å²) in [6.45, 7) is 11.2. The third-order valence-corrected chi connectivity index (χ3v) is 5.09. The Morgan fingerprint density at radius 1 is 1.19 bits per heavy atom. The Morgan fingerprint density at radius 2 is 1.86 bits per heavy atom. The second kappa shape index (κ2) is 6.88. The van der Waals surface area contributed by atoms with Crippen LogP contribution in [-0.2, 0) is 15.8 Å². The van der Waals surface area contributed by atoms with Crippen molar-refractivity contribution in [3.63, 3.8) is 0 Å². The Balaban J connectivity index is 2.31. The van der Waals surface area contributed by atoms with E-state index in [2.05, 4.69) is 31.2 Å². The van der Waals surface area contributed by atoms with E-state index in [9.17, 15) is 0 Å². The molecule has 5 nitrogen and oxygen atoms in total. The van der Waals surface area contributed by atoms with Gasteiger partial charge < -0.3 is 14.6 Å². The van der Waals surface area contributed by atoms with Gasteiger partial charge in [-0.05, 0) is 52.1 Å². The molecule has 120 valence electrons. The monoisotopic (exact) mass is 295 g/mol. The van der Waals surface area contributed by atoms with Crippen LogP contribution in [0, 0.1) is 0 Å². The summed E-state index contributed by atoms with van der Waals surface area (Å²) in [4.78, 5) is 4.78. The molecular weight excluding hydrogens is 266 g/mol. The molecule has 5 heteroatoms. The second-order valence-corrected chi connectivity index (χ2v) is 5.94. The minimum Gasteiger partial charge on any atom is -0.367 e. The lowest BCUT2D eigenvalue weighted by molar-refractivity contribution is -0.0583. The van der Waals surface area contributed by atoms with Gasteiger partial charge in [-0.3, -0.25) is 0 Å². The number of rotatable bonds is 7. The normalized spacial score (nSPS) is 18.9. The van der Waals surface area contributed by atoms with Gasteiger partial charge in [-0.15, -0.1) is 0 Å². The van der Waals surface area contributed by atoms with E-state index in [0.717, 1.165) is 56.9 Å². The molecule has 0 unspecified atom stereocenters. The predicted molar refractivity (Wildman–Crippen MR) is 82.3 cm³/mol. The molecule has 0 aliphatic carbocycles. The first-order valence-corrected chi connectivity index (χ1v) is 8.35. The van der Waals surface area contributed by atoms with E-state index in [0.29, 0.717) is 6.61 Å². The van der Waals surface area contributed by atoms with E-state index >= 15 is 0 Å². The van der Waals surface area contributed by atoms with E-state index < -0.39 is 5.60 Å². The number of nitrogens with one attached hydrogen (secondary N) is 1.